The Morgan fingerprint density at radius 1 is 0.972 bits per heavy atom. The molecule has 192 valence electrons. The van der Waals surface area contributed by atoms with Crippen molar-refractivity contribution < 1.29 is 9.84 Å². The molecule has 1 aromatic heterocycles. The number of piperazine rings is 1. The van der Waals surface area contributed by atoms with Crippen molar-refractivity contribution in [2.45, 2.75) is 70.1 Å². The van der Waals surface area contributed by atoms with Crippen molar-refractivity contribution in [2.24, 2.45) is 5.92 Å². The average molecular weight is 488 g/mol. The molecule has 5 heteroatoms. The van der Waals surface area contributed by atoms with Crippen LogP contribution in [0.2, 0.25) is 0 Å². The van der Waals surface area contributed by atoms with E-state index in [-0.39, 0.29) is 0 Å². The van der Waals surface area contributed by atoms with Crippen molar-refractivity contribution in [1.82, 2.24) is 14.8 Å². The van der Waals surface area contributed by atoms with Gasteiger partial charge >= 0.3 is 0 Å². The van der Waals surface area contributed by atoms with Crippen LogP contribution in [0.25, 0.3) is 10.9 Å². The predicted molar refractivity (Wildman–Crippen MR) is 146 cm³/mol. The van der Waals surface area contributed by atoms with Crippen LogP contribution >= 0.6 is 0 Å². The number of hydrogen-bond donors (Lipinski definition) is 2. The highest BCUT2D eigenvalue weighted by Crippen LogP contribution is 2.31. The molecule has 4 heterocycles. The van der Waals surface area contributed by atoms with E-state index >= 15 is 0 Å². The number of aliphatic hydroxyl groups excluding tert-OH is 1. The first-order valence-electron chi connectivity index (χ1n) is 14.1. The fourth-order valence-corrected chi connectivity index (χ4v) is 6.99. The standard InChI is InChI=1S/C31H41N3O2/c1-22-15-29-30(32-22)11-6-12-31(29)36-21-28(35)20-34-19-26-9-4-5-10-27(34)18-33(26)17-23-13-14-24-7-2-3-8-25(24)16-23/h2-3,6-8,11-12,15,23,26-28,32,35H,4-5,9-10,13-14,16-21H2,1H3/t23?,26-,27-,28-/m0/s1. The number of benzene rings is 2. The molecular formula is C31H41N3O2. The Labute approximate surface area is 215 Å². The lowest BCUT2D eigenvalue weighted by atomic mass is 9.82. The first-order chi connectivity index (χ1) is 17.6. The molecule has 4 atom stereocenters. The second kappa shape index (κ2) is 10.6. The van der Waals surface area contributed by atoms with E-state index in [9.17, 15) is 5.11 Å². The van der Waals surface area contributed by atoms with Gasteiger partial charge in [0, 0.05) is 54.9 Å². The lowest BCUT2D eigenvalue weighted by Gasteiger charge is -2.50. The average Bonchev–Trinajstić information content (AvgIpc) is 3.25. The molecular weight excluding hydrogens is 446 g/mol. The molecule has 2 N–H and O–H groups in total. The van der Waals surface area contributed by atoms with Crippen LogP contribution < -0.4 is 4.74 Å². The molecule has 0 saturated carbocycles. The van der Waals surface area contributed by atoms with Crippen molar-refractivity contribution in [1.29, 1.82) is 0 Å². The van der Waals surface area contributed by atoms with Crippen LogP contribution in [0.5, 0.6) is 5.75 Å². The highest BCUT2D eigenvalue weighted by molar-refractivity contribution is 5.86. The van der Waals surface area contributed by atoms with Gasteiger partial charge in [-0.25, -0.2) is 0 Å². The molecule has 3 aliphatic heterocycles. The van der Waals surface area contributed by atoms with Gasteiger partial charge in [0.05, 0.1) is 0 Å². The van der Waals surface area contributed by atoms with Crippen molar-refractivity contribution in [2.75, 3.05) is 32.8 Å². The molecule has 2 bridgehead atoms. The Kier molecular flexibility index (Phi) is 7.05. The molecule has 1 unspecified atom stereocenters. The van der Waals surface area contributed by atoms with Gasteiger partial charge < -0.3 is 14.8 Å². The van der Waals surface area contributed by atoms with Gasteiger partial charge in [0.15, 0.2) is 0 Å². The molecule has 0 spiro atoms. The molecule has 0 radical (unpaired) electrons. The number of aryl methyl sites for hydroxylation is 2. The molecule has 2 aromatic carbocycles. The molecule has 3 fully saturated rings. The fraction of sp³-hybridized carbons (Fsp3) is 0.548. The summed E-state index contributed by atoms with van der Waals surface area (Å²) in [6, 6.07) is 18.4. The summed E-state index contributed by atoms with van der Waals surface area (Å²) in [6.45, 7) is 6.56. The normalized spacial score (nSPS) is 25.9. The molecule has 3 saturated heterocycles. The lowest BCUT2D eigenvalue weighted by Crippen LogP contribution is -2.61. The number of aromatic amines is 1. The smallest absolute Gasteiger partial charge is 0.128 e. The van der Waals surface area contributed by atoms with E-state index in [2.05, 4.69) is 58.1 Å². The van der Waals surface area contributed by atoms with Crippen molar-refractivity contribution in [3.63, 3.8) is 0 Å². The first kappa shape index (κ1) is 24.0. The molecule has 1 aliphatic carbocycles. The number of aliphatic hydroxyl groups is 1. The maximum absolute atomic E-state index is 11.0. The van der Waals surface area contributed by atoms with Crippen LogP contribution in [0.1, 0.15) is 48.9 Å². The van der Waals surface area contributed by atoms with Crippen LogP contribution in [0.15, 0.2) is 48.5 Å². The molecule has 4 aliphatic rings. The largest absolute Gasteiger partial charge is 0.490 e. The van der Waals surface area contributed by atoms with Crippen molar-refractivity contribution in [3.8, 4) is 5.75 Å². The maximum atomic E-state index is 11.0. The number of hydrogen-bond acceptors (Lipinski definition) is 4. The van der Waals surface area contributed by atoms with E-state index in [1.807, 2.05) is 12.1 Å². The maximum Gasteiger partial charge on any atom is 0.128 e. The number of H-pyrrole nitrogens is 1. The topological polar surface area (TPSA) is 51.7 Å². The lowest BCUT2D eigenvalue weighted by molar-refractivity contribution is -0.0276. The van der Waals surface area contributed by atoms with Gasteiger partial charge in [-0.3, -0.25) is 9.80 Å². The van der Waals surface area contributed by atoms with Crippen LogP contribution in [0.4, 0.5) is 0 Å². The minimum Gasteiger partial charge on any atom is -0.490 e. The first-order valence-corrected chi connectivity index (χ1v) is 14.1. The second-order valence-electron chi connectivity index (χ2n) is 11.5. The number of nitrogens with one attached hydrogen (secondary N) is 1. The van der Waals surface area contributed by atoms with Crippen LogP contribution in [-0.2, 0) is 12.8 Å². The minimum absolute atomic E-state index is 0.336. The van der Waals surface area contributed by atoms with E-state index in [0.29, 0.717) is 25.2 Å². The highest BCUT2D eigenvalue weighted by atomic mass is 16.5. The predicted octanol–water partition coefficient (Wildman–Crippen LogP) is 4.95. The van der Waals surface area contributed by atoms with Gasteiger partial charge in [-0.1, -0.05) is 43.2 Å². The Hall–Kier alpha value is -2.34. The summed E-state index contributed by atoms with van der Waals surface area (Å²) in [5, 5.41) is 12.1. The summed E-state index contributed by atoms with van der Waals surface area (Å²) in [5.74, 6) is 1.62. The quantitative estimate of drug-likeness (QED) is 0.495. The second-order valence-corrected chi connectivity index (χ2v) is 11.5. The number of aromatic nitrogens is 1. The molecule has 7 rings (SSSR count). The molecule has 5 nitrogen and oxygen atoms in total. The van der Waals surface area contributed by atoms with E-state index in [4.69, 9.17) is 4.74 Å². The molecule has 0 amide bonds. The highest BCUT2D eigenvalue weighted by Gasteiger charge is 2.37. The van der Waals surface area contributed by atoms with E-state index in [0.717, 1.165) is 41.4 Å². The van der Waals surface area contributed by atoms with Gasteiger partial charge in [-0.2, -0.15) is 0 Å². The number of fused-ring (bicyclic) bond motifs is 7. The summed E-state index contributed by atoms with van der Waals surface area (Å²) >= 11 is 0. The summed E-state index contributed by atoms with van der Waals surface area (Å²) in [7, 11) is 0. The SMILES string of the molecule is Cc1cc2c(OC[C@@H](O)CN3C[C@@H]4CCCC[C@H]3CN4CC3CCc4ccccc4C3)cccc2[nH]1. The van der Waals surface area contributed by atoms with E-state index < -0.39 is 6.10 Å². The van der Waals surface area contributed by atoms with E-state index in [1.54, 1.807) is 11.1 Å². The van der Waals surface area contributed by atoms with Gasteiger partial charge in [0.2, 0.25) is 0 Å². The van der Waals surface area contributed by atoms with Crippen molar-refractivity contribution >= 4 is 10.9 Å². The zero-order valence-corrected chi connectivity index (χ0v) is 21.7. The van der Waals surface area contributed by atoms with Gasteiger partial charge in [-0.15, -0.1) is 0 Å². The van der Waals surface area contributed by atoms with Crippen LogP contribution in [0, 0.1) is 12.8 Å². The Bertz CT molecular complexity index is 1170. The van der Waals surface area contributed by atoms with Crippen molar-refractivity contribution in [3.05, 3.63) is 65.4 Å². The Balaban J connectivity index is 1.06. The third-order valence-corrected chi connectivity index (χ3v) is 8.82. The monoisotopic (exact) mass is 487 g/mol. The van der Waals surface area contributed by atoms with Gasteiger partial charge in [0.1, 0.15) is 18.5 Å². The zero-order chi connectivity index (χ0) is 24.5. The van der Waals surface area contributed by atoms with Crippen LogP contribution in [-0.4, -0.2) is 70.9 Å². The van der Waals surface area contributed by atoms with Gasteiger partial charge in [-0.05, 0) is 74.3 Å². The summed E-state index contributed by atoms with van der Waals surface area (Å²) in [6.07, 6.45) is 8.48. The summed E-state index contributed by atoms with van der Waals surface area (Å²) in [5.41, 5.74) is 5.34. The third-order valence-electron chi connectivity index (χ3n) is 8.82. The number of nitrogens with zero attached hydrogens (tertiary/aromatic N) is 2. The molecule has 36 heavy (non-hydrogen) atoms. The zero-order valence-electron chi connectivity index (χ0n) is 21.7. The van der Waals surface area contributed by atoms with Crippen LogP contribution in [0.3, 0.4) is 0 Å². The summed E-state index contributed by atoms with van der Waals surface area (Å²) in [4.78, 5) is 8.76. The van der Waals surface area contributed by atoms with E-state index in [1.165, 1.54) is 51.5 Å². The third kappa shape index (κ3) is 5.20. The summed E-state index contributed by atoms with van der Waals surface area (Å²) < 4.78 is 6.12. The fourth-order valence-electron chi connectivity index (χ4n) is 6.99. The minimum atomic E-state index is -0.482. The Morgan fingerprint density at radius 3 is 2.61 bits per heavy atom. The number of ether oxygens (including phenoxy) is 1. The van der Waals surface area contributed by atoms with Gasteiger partial charge in [0.25, 0.3) is 0 Å². The molecule has 3 aromatic rings. The number of rotatable bonds is 7. The Morgan fingerprint density at radius 2 is 1.75 bits per heavy atom.